The first-order chi connectivity index (χ1) is 7.68. The third-order valence-corrected chi connectivity index (χ3v) is 4.21. The van der Waals surface area contributed by atoms with E-state index in [2.05, 4.69) is 19.1 Å². The molecule has 86 valence electrons. The maximum absolute atomic E-state index is 10.1. The first-order valence-corrected chi connectivity index (χ1v) is 6.51. The van der Waals surface area contributed by atoms with Crippen LogP contribution in [0.3, 0.4) is 0 Å². The summed E-state index contributed by atoms with van der Waals surface area (Å²) in [5.74, 6) is 0. The van der Waals surface area contributed by atoms with E-state index in [1.807, 2.05) is 0 Å². The van der Waals surface area contributed by atoms with Crippen LogP contribution in [0.2, 0.25) is 0 Å². The maximum Gasteiger partial charge on any atom is 0.0690 e. The Hall–Kier alpha value is -0.820. The van der Waals surface area contributed by atoms with Crippen LogP contribution >= 0.6 is 0 Å². The topological polar surface area (TPSA) is 20.2 Å². The Labute approximate surface area is 97.5 Å². The molecule has 2 aliphatic carbocycles. The molecule has 16 heavy (non-hydrogen) atoms. The predicted molar refractivity (Wildman–Crippen MR) is 65.7 cm³/mol. The largest absolute Gasteiger partial charge is 0.390 e. The van der Waals surface area contributed by atoms with Crippen molar-refractivity contribution in [1.82, 2.24) is 0 Å². The molecule has 0 radical (unpaired) electrons. The highest BCUT2D eigenvalue weighted by Gasteiger charge is 2.40. The molecule has 0 spiro atoms. The number of aliphatic hydroxyl groups is 1. The molecule has 1 N–H and O–H groups in total. The van der Waals surface area contributed by atoms with Crippen LogP contribution in [0.15, 0.2) is 12.1 Å². The van der Waals surface area contributed by atoms with Gasteiger partial charge in [-0.2, -0.15) is 0 Å². The van der Waals surface area contributed by atoms with Gasteiger partial charge in [-0.1, -0.05) is 12.1 Å². The van der Waals surface area contributed by atoms with Crippen LogP contribution in [-0.2, 0) is 19.3 Å². The summed E-state index contributed by atoms with van der Waals surface area (Å²) < 4.78 is 0. The zero-order valence-electron chi connectivity index (χ0n) is 10.1. The molecular formula is C15H20O. The molecule has 3 rings (SSSR count). The number of hydrogen-bond donors (Lipinski definition) is 1. The molecule has 0 bridgehead atoms. The third-order valence-electron chi connectivity index (χ3n) is 4.21. The van der Waals surface area contributed by atoms with Crippen LogP contribution in [0.4, 0.5) is 0 Å². The summed E-state index contributed by atoms with van der Waals surface area (Å²) in [6.07, 6.45) is 8.00. The summed E-state index contributed by atoms with van der Waals surface area (Å²) in [6.45, 7) is 2.22. The third kappa shape index (κ3) is 1.78. The fourth-order valence-corrected chi connectivity index (χ4v) is 2.96. The molecule has 1 nitrogen and oxygen atoms in total. The fourth-order valence-electron chi connectivity index (χ4n) is 2.96. The van der Waals surface area contributed by atoms with Crippen LogP contribution < -0.4 is 0 Å². The van der Waals surface area contributed by atoms with Crippen LogP contribution in [0.1, 0.15) is 47.9 Å². The SMILES string of the molecule is Cc1ccc(CC2(O)CC2)c2c1CCCC2. The highest BCUT2D eigenvalue weighted by molar-refractivity contribution is 5.43. The van der Waals surface area contributed by atoms with Crippen molar-refractivity contribution in [3.05, 3.63) is 34.4 Å². The zero-order chi connectivity index (χ0) is 11.2. The minimum atomic E-state index is -0.347. The van der Waals surface area contributed by atoms with Crippen LogP contribution in [0, 0.1) is 6.92 Å². The van der Waals surface area contributed by atoms with Gasteiger partial charge in [-0.05, 0) is 67.7 Å². The van der Waals surface area contributed by atoms with E-state index in [1.165, 1.54) is 36.8 Å². The lowest BCUT2D eigenvalue weighted by atomic mass is 9.84. The van der Waals surface area contributed by atoms with Crippen molar-refractivity contribution >= 4 is 0 Å². The molecule has 0 unspecified atom stereocenters. The van der Waals surface area contributed by atoms with Crippen molar-refractivity contribution in [2.24, 2.45) is 0 Å². The first-order valence-electron chi connectivity index (χ1n) is 6.51. The van der Waals surface area contributed by atoms with E-state index >= 15 is 0 Å². The summed E-state index contributed by atoms with van der Waals surface area (Å²) in [5, 5.41) is 10.1. The Morgan fingerprint density at radius 2 is 1.81 bits per heavy atom. The second kappa shape index (κ2) is 3.59. The number of aryl methyl sites for hydroxylation is 1. The molecule has 1 fully saturated rings. The average molecular weight is 216 g/mol. The van der Waals surface area contributed by atoms with Gasteiger partial charge in [0.05, 0.1) is 5.60 Å². The molecule has 0 saturated heterocycles. The second-order valence-electron chi connectivity index (χ2n) is 5.61. The van der Waals surface area contributed by atoms with E-state index < -0.39 is 0 Å². The van der Waals surface area contributed by atoms with E-state index in [-0.39, 0.29) is 5.60 Å². The summed E-state index contributed by atoms with van der Waals surface area (Å²) in [6, 6.07) is 4.49. The molecule has 1 aromatic carbocycles. The first kappa shape index (κ1) is 10.3. The molecule has 2 aliphatic rings. The summed E-state index contributed by atoms with van der Waals surface area (Å²) in [7, 11) is 0. The van der Waals surface area contributed by atoms with Gasteiger partial charge < -0.3 is 5.11 Å². The Bertz CT molecular complexity index is 416. The van der Waals surface area contributed by atoms with Gasteiger partial charge in [0.15, 0.2) is 0 Å². The van der Waals surface area contributed by atoms with E-state index in [4.69, 9.17) is 0 Å². The van der Waals surface area contributed by atoms with E-state index in [1.54, 1.807) is 11.1 Å². The molecule has 0 aliphatic heterocycles. The Morgan fingerprint density at radius 3 is 2.50 bits per heavy atom. The fraction of sp³-hybridized carbons (Fsp3) is 0.600. The van der Waals surface area contributed by atoms with Crippen molar-refractivity contribution in [2.45, 2.75) is 57.5 Å². The van der Waals surface area contributed by atoms with Gasteiger partial charge in [0.25, 0.3) is 0 Å². The highest BCUT2D eigenvalue weighted by atomic mass is 16.3. The molecule has 1 heteroatoms. The van der Waals surface area contributed by atoms with Crippen LogP contribution in [0.5, 0.6) is 0 Å². The standard InChI is InChI=1S/C15H20O/c1-11-6-7-12(10-15(16)8-9-15)14-5-3-2-4-13(11)14/h6-7,16H,2-5,8-10H2,1H3. The Morgan fingerprint density at radius 1 is 1.12 bits per heavy atom. The molecule has 1 aromatic rings. The molecule has 0 aromatic heterocycles. The molecule has 0 amide bonds. The van der Waals surface area contributed by atoms with Gasteiger partial charge in [0.1, 0.15) is 0 Å². The van der Waals surface area contributed by atoms with Gasteiger partial charge in [0, 0.05) is 6.42 Å². The molecule has 0 atom stereocenters. The lowest BCUT2D eigenvalue weighted by molar-refractivity contribution is 0.150. The average Bonchev–Trinajstić information content (AvgIpc) is 3.01. The highest BCUT2D eigenvalue weighted by Crippen LogP contribution is 2.40. The van der Waals surface area contributed by atoms with Crippen molar-refractivity contribution in [3.63, 3.8) is 0 Å². The molecule has 0 heterocycles. The maximum atomic E-state index is 10.1. The van der Waals surface area contributed by atoms with Crippen molar-refractivity contribution in [3.8, 4) is 0 Å². The summed E-state index contributed by atoms with van der Waals surface area (Å²) in [4.78, 5) is 0. The molecular weight excluding hydrogens is 196 g/mol. The second-order valence-corrected chi connectivity index (χ2v) is 5.61. The van der Waals surface area contributed by atoms with E-state index in [0.717, 1.165) is 19.3 Å². The van der Waals surface area contributed by atoms with E-state index in [0.29, 0.717) is 0 Å². The van der Waals surface area contributed by atoms with Gasteiger partial charge in [-0.15, -0.1) is 0 Å². The van der Waals surface area contributed by atoms with Gasteiger partial charge in [-0.3, -0.25) is 0 Å². The molecule has 1 saturated carbocycles. The Balaban J connectivity index is 1.98. The minimum absolute atomic E-state index is 0.347. The summed E-state index contributed by atoms with van der Waals surface area (Å²) >= 11 is 0. The monoisotopic (exact) mass is 216 g/mol. The smallest absolute Gasteiger partial charge is 0.0690 e. The number of benzene rings is 1. The van der Waals surface area contributed by atoms with Gasteiger partial charge >= 0.3 is 0 Å². The Kier molecular flexibility index (Phi) is 2.32. The number of fused-ring (bicyclic) bond motifs is 1. The lowest BCUT2D eigenvalue weighted by Crippen LogP contribution is -2.15. The predicted octanol–water partition coefficient (Wildman–Crippen LogP) is 2.94. The normalized spacial score (nSPS) is 21.6. The quantitative estimate of drug-likeness (QED) is 0.806. The van der Waals surface area contributed by atoms with Gasteiger partial charge in [-0.25, -0.2) is 0 Å². The number of rotatable bonds is 2. The zero-order valence-corrected chi connectivity index (χ0v) is 10.1. The summed E-state index contributed by atoms with van der Waals surface area (Å²) in [5.41, 5.74) is 5.65. The van der Waals surface area contributed by atoms with Crippen LogP contribution in [-0.4, -0.2) is 10.7 Å². The van der Waals surface area contributed by atoms with Crippen molar-refractivity contribution in [2.75, 3.05) is 0 Å². The van der Waals surface area contributed by atoms with Crippen molar-refractivity contribution in [1.29, 1.82) is 0 Å². The number of hydrogen-bond acceptors (Lipinski definition) is 1. The van der Waals surface area contributed by atoms with Crippen molar-refractivity contribution < 1.29 is 5.11 Å². The van der Waals surface area contributed by atoms with E-state index in [9.17, 15) is 5.11 Å². The van der Waals surface area contributed by atoms with Gasteiger partial charge in [0.2, 0.25) is 0 Å². The minimum Gasteiger partial charge on any atom is -0.390 e. The lowest BCUT2D eigenvalue weighted by Gasteiger charge is -2.22. The van der Waals surface area contributed by atoms with Crippen LogP contribution in [0.25, 0.3) is 0 Å².